The Morgan fingerprint density at radius 1 is 0.818 bits per heavy atom. The third kappa shape index (κ3) is 3.82. The Morgan fingerprint density at radius 3 is 1.64 bits per heavy atom. The molecule has 0 aromatic heterocycles. The summed E-state index contributed by atoms with van der Waals surface area (Å²) in [5, 5.41) is 0. The fourth-order valence-electron chi connectivity index (χ4n) is 5.06. The molecule has 0 heterocycles. The average Bonchev–Trinajstić information content (AvgIpc) is 2.53. The van der Waals surface area contributed by atoms with Gasteiger partial charge in [-0.3, -0.25) is 9.59 Å². The first-order valence-electron chi connectivity index (χ1n) is 9.15. The summed E-state index contributed by atoms with van der Waals surface area (Å²) in [5.74, 6) is 0.436. The van der Waals surface area contributed by atoms with Gasteiger partial charge in [-0.15, -0.1) is 0 Å². The van der Waals surface area contributed by atoms with E-state index in [-0.39, 0.29) is 11.8 Å². The Labute approximate surface area is 134 Å². The lowest BCUT2D eigenvalue weighted by Crippen LogP contribution is -2.50. The van der Waals surface area contributed by atoms with Crippen LogP contribution in [0.3, 0.4) is 0 Å². The molecule has 0 aliphatic heterocycles. The van der Waals surface area contributed by atoms with Crippen LogP contribution in [0.5, 0.6) is 0 Å². The van der Waals surface area contributed by atoms with Crippen molar-refractivity contribution in [1.29, 1.82) is 0 Å². The number of primary amides is 2. The number of nitrogens with two attached hydrogens (primary N) is 2. The van der Waals surface area contributed by atoms with Crippen LogP contribution in [0.1, 0.15) is 83.5 Å². The Bertz CT molecular complexity index is 365. The molecule has 2 fully saturated rings. The van der Waals surface area contributed by atoms with Crippen LogP contribution in [0.15, 0.2) is 0 Å². The maximum Gasteiger partial charge on any atom is 0.224 e. The van der Waals surface area contributed by atoms with Crippen molar-refractivity contribution in [3.8, 4) is 0 Å². The molecule has 2 aliphatic carbocycles. The van der Waals surface area contributed by atoms with E-state index in [1.54, 1.807) is 0 Å². The minimum absolute atomic E-state index is 0.115. The van der Waals surface area contributed by atoms with Crippen LogP contribution in [0.25, 0.3) is 0 Å². The summed E-state index contributed by atoms with van der Waals surface area (Å²) in [6.45, 7) is 0. The summed E-state index contributed by atoms with van der Waals surface area (Å²) < 4.78 is 0. The van der Waals surface area contributed by atoms with Crippen molar-refractivity contribution < 1.29 is 9.59 Å². The minimum atomic E-state index is -0.393. The van der Waals surface area contributed by atoms with Crippen LogP contribution in [-0.2, 0) is 9.59 Å². The fraction of sp³-hybridized carbons (Fsp3) is 0.889. The van der Waals surface area contributed by atoms with Crippen molar-refractivity contribution in [3.63, 3.8) is 0 Å². The summed E-state index contributed by atoms with van der Waals surface area (Å²) in [5.41, 5.74) is 10.9. The molecular formula is C18H32N2O2. The van der Waals surface area contributed by atoms with Crippen molar-refractivity contribution in [3.05, 3.63) is 0 Å². The molecule has 0 spiro atoms. The SMILES string of the molecule is NC(=O)CCCC(C(N)=O)(C1CCCCC1)C1CCCCC1. The normalized spacial score (nSPS) is 21.6. The number of rotatable bonds is 7. The van der Waals surface area contributed by atoms with Gasteiger partial charge in [-0.2, -0.15) is 0 Å². The van der Waals surface area contributed by atoms with Crippen molar-refractivity contribution in [2.24, 2.45) is 28.7 Å². The molecule has 2 aliphatic rings. The smallest absolute Gasteiger partial charge is 0.224 e. The zero-order chi connectivity index (χ0) is 16.0. The van der Waals surface area contributed by atoms with E-state index in [1.807, 2.05) is 0 Å². The number of carbonyl (C=O) groups excluding carboxylic acids is 2. The lowest BCUT2D eigenvalue weighted by molar-refractivity contribution is -0.139. The zero-order valence-corrected chi connectivity index (χ0v) is 13.8. The third-order valence-electron chi connectivity index (χ3n) is 6.14. The second-order valence-electron chi connectivity index (χ2n) is 7.39. The Balaban J connectivity index is 2.21. The molecule has 0 aromatic rings. The third-order valence-corrected chi connectivity index (χ3v) is 6.14. The van der Waals surface area contributed by atoms with Crippen molar-refractivity contribution in [1.82, 2.24) is 0 Å². The van der Waals surface area contributed by atoms with E-state index in [1.165, 1.54) is 38.5 Å². The Hall–Kier alpha value is -1.06. The molecule has 126 valence electrons. The molecule has 0 aromatic carbocycles. The molecule has 2 rings (SSSR count). The van der Waals surface area contributed by atoms with Gasteiger partial charge in [0.15, 0.2) is 0 Å². The number of carbonyl (C=O) groups is 2. The second-order valence-corrected chi connectivity index (χ2v) is 7.39. The molecule has 4 heteroatoms. The predicted molar refractivity (Wildman–Crippen MR) is 87.8 cm³/mol. The van der Waals surface area contributed by atoms with E-state index in [4.69, 9.17) is 11.5 Å². The highest BCUT2D eigenvalue weighted by atomic mass is 16.1. The molecule has 4 N–H and O–H groups in total. The average molecular weight is 308 g/mol. The largest absolute Gasteiger partial charge is 0.370 e. The van der Waals surface area contributed by atoms with Crippen LogP contribution in [0, 0.1) is 17.3 Å². The first-order chi connectivity index (χ1) is 10.6. The van der Waals surface area contributed by atoms with E-state index in [2.05, 4.69) is 0 Å². The molecule has 2 amide bonds. The summed E-state index contributed by atoms with van der Waals surface area (Å²) in [4.78, 5) is 23.7. The summed E-state index contributed by atoms with van der Waals surface area (Å²) >= 11 is 0. The highest BCUT2D eigenvalue weighted by Gasteiger charge is 2.49. The van der Waals surface area contributed by atoms with Crippen LogP contribution in [-0.4, -0.2) is 11.8 Å². The van der Waals surface area contributed by atoms with Gasteiger partial charge in [-0.25, -0.2) is 0 Å². The lowest BCUT2D eigenvalue weighted by Gasteiger charge is -2.47. The van der Waals surface area contributed by atoms with Crippen molar-refractivity contribution in [2.45, 2.75) is 83.5 Å². The van der Waals surface area contributed by atoms with Gasteiger partial charge < -0.3 is 11.5 Å². The van der Waals surface area contributed by atoms with Gasteiger partial charge in [0, 0.05) is 6.42 Å². The molecular weight excluding hydrogens is 276 g/mol. The van der Waals surface area contributed by atoms with Crippen LogP contribution >= 0.6 is 0 Å². The summed E-state index contributed by atoms with van der Waals surface area (Å²) in [7, 11) is 0. The summed E-state index contributed by atoms with van der Waals surface area (Å²) in [6.07, 6.45) is 13.7. The second kappa shape index (κ2) is 7.98. The molecule has 0 bridgehead atoms. The van der Waals surface area contributed by atoms with Crippen molar-refractivity contribution >= 4 is 11.8 Å². The summed E-state index contributed by atoms with van der Waals surface area (Å²) in [6, 6.07) is 0. The van der Waals surface area contributed by atoms with Crippen LogP contribution < -0.4 is 11.5 Å². The predicted octanol–water partition coefficient (Wildman–Crippen LogP) is 3.27. The number of amides is 2. The number of hydrogen-bond acceptors (Lipinski definition) is 2. The van der Waals surface area contributed by atoms with E-state index >= 15 is 0 Å². The van der Waals surface area contributed by atoms with Crippen LogP contribution in [0.4, 0.5) is 0 Å². The van der Waals surface area contributed by atoms with Gasteiger partial charge >= 0.3 is 0 Å². The fourth-order valence-corrected chi connectivity index (χ4v) is 5.06. The molecule has 4 nitrogen and oxygen atoms in total. The molecule has 0 atom stereocenters. The van der Waals surface area contributed by atoms with Crippen molar-refractivity contribution in [2.75, 3.05) is 0 Å². The first kappa shape index (κ1) is 17.3. The quantitative estimate of drug-likeness (QED) is 0.756. The minimum Gasteiger partial charge on any atom is -0.370 e. The van der Waals surface area contributed by atoms with Gasteiger partial charge in [-0.05, 0) is 50.4 Å². The highest BCUT2D eigenvalue weighted by Crippen LogP contribution is 2.51. The van der Waals surface area contributed by atoms with E-state index in [0.717, 1.165) is 32.1 Å². The van der Waals surface area contributed by atoms with E-state index in [9.17, 15) is 9.59 Å². The monoisotopic (exact) mass is 308 g/mol. The van der Waals surface area contributed by atoms with Gasteiger partial charge in [0.05, 0.1) is 5.41 Å². The van der Waals surface area contributed by atoms with Gasteiger partial charge in [0.2, 0.25) is 11.8 Å². The molecule has 0 radical (unpaired) electrons. The van der Waals surface area contributed by atoms with Gasteiger partial charge in [-0.1, -0.05) is 38.5 Å². The Kier molecular flexibility index (Phi) is 6.27. The van der Waals surface area contributed by atoms with Gasteiger partial charge in [0.25, 0.3) is 0 Å². The van der Waals surface area contributed by atoms with Gasteiger partial charge in [0.1, 0.15) is 0 Å². The number of hydrogen-bond donors (Lipinski definition) is 2. The van der Waals surface area contributed by atoms with E-state index in [0.29, 0.717) is 24.7 Å². The molecule has 0 unspecified atom stereocenters. The van der Waals surface area contributed by atoms with E-state index < -0.39 is 5.41 Å². The lowest BCUT2D eigenvalue weighted by atomic mass is 9.56. The zero-order valence-electron chi connectivity index (χ0n) is 13.8. The van der Waals surface area contributed by atoms with Crippen LogP contribution in [0.2, 0.25) is 0 Å². The maximum absolute atomic E-state index is 12.6. The highest BCUT2D eigenvalue weighted by molar-refractivity contribution is 5.82. The maximum atomic E-state index is 12.6. The molecule has 22 heavy (non-hydrogen) atoms. The first-order valence-corrected chi connectivity index (χ1v) is 9.15. The topological polar surface area (TPSA) is 86.2 Å². The molecule has 2 saturated carbocycles. The molecule has 0 saturated heterocycles. The Morgan fingerprint density at radius 2 is 1.27 bits per heavy atom. The standard InChI is InChI=1S/C18H32N2O2/c19-16(21)12-7-13-18(17(20)22,14-8-3-1-4-9-14)15-10-5-2-6-11-15/h14-15H,1-13H2,(H2,19,21)(H2,20,22).